The van der Waals surface area contributed by atoms with Crippen LogP contribution in [0.25, 0.3) is 0 Å². The van der Waals surface area contributed by atoms with Gasteiger partial charge in [0.2, 0.25) is 5.91 Å². The van der Waals surface area contributed by atoms with E-state index in [1.807, 2.05) is 23.1 Å². The zero-order valence-corrected chi connectivity index (χ0v) is 11.1. The predicted octanol–water partition coefficient (Wildman–Crippen LogP) is 2.45. The molecule has 1 heterocycles. The molecule has 1 aliphatic heterocycles. The first kappa shape index (κ1) is 12.3. The fourth-order valence-electron chi connectivity index (χ4n) is 2.79. The van der Waals surface area contributed by atoms with Crippen molar-refractivity contribution in [3.05, 3.63) is 42.5 Å². The van der Waals surface area contributed by atoms with Gasteiger partial charge in [0.15, 0.2) is 0 Å². The molecule has 1 aromatic carbocycles. The van der Waals surface area contributed by atoms with Gasteiger partial charge in [-0.15, -0.1) is 6.58 Å². The highest BCUT2D eigenvalue weighted by Gasteiger charge is 2.36. The Bertz CT molecular complexity index is 493. The van der Waals surface area contributed by atoms with Gasteiger partial charge in [-0.1, -0.05) is 24.3 Å². The molecule has 1 aliphatic carbocycles. The van der Waals surface area contributed by atoms with Gasteiger partial charge < -0.3 is 10.2 Å². The van der Waals surface area contributed by atoms with Gasteiger partial charge in [-0.2, -0.15) is 0 Å². The van der Waals surface area contributed by atoms with Gasteiger partial charge in [0, 0.05) is 24.8 Å². The van der Waals surface area contributed by atoms with Crippen LogP contribution in [0, 0.1) is 5.92 Å². The van der Waals surface area contributed by atoms with Crippen molar-refractivity contribution in [2.24, 2.45) is 5.92 Å². The third-order valence-corrected chi connectivity index (χ3v) is 3.97. The van der Waals surface area contributed by atoms with E-state index in [4.69, 9.17) is 0 Å². The smallest absolute Gasteiger partial charge is 0.228 e. The maximum absolute atomic E-state index is 12.6. The van der Waals surface area contributed by atoms with Crippen molar-refractivity contribution in [1.29, 1.82) is 0 Å². The van der Waals surface area contributed by atoms with Crippen LogP contribution in [0.4, 0.5) is 5.69 Å². The minimum absolute atomic E-state index is 0.0652. The molecule has 1 unspecified atom stereocenters. The molecular weight excluding hydrogens is 236 g/mol. The van der Waals surface area contributed by atoms with Crippen molar-refractivity contribution in [1.82, 2.24) is 4.90 Å². The number of rotatable bonds is 4. The zero-order valence-electron chi connectivity index (χ0n) is 11.1. The number of hydrogen-bond acceptors (Lipinski definition) is 2. The summed E-state index contributed by atoms with van der Waals surface area (Å²) in [6, 6.07) is 8.72. The number of para-hydroxylation sites is 1. The van der Waals surface area contributed by atoms with Crippen molar-refractivity contribution < 1.29 is 4.79 Å². The lowest BCUT2D eigenvalue weighted by Crippen LogP contribution is -2.42. The van der Waals surface area contributed by atoms with Crippen molar-refractivity contribution in [3.8, 4) is 0 Å². The van der Waals surface area contributed by atoms with E-state index in [-0.39, 0.29) is 11.8 Å². The second-order valence-corrected chi connectivity index (χ2v) is 5.45. The molecule has 0 radical (unpaired) electrons. The van der Waals surface area contributed by atoms with E-state index in [1.165, 1.54) is 11.3 Å². The van der Waals surface area contributed by atoms with E-state index < -0.39 is 0 Å². The fraction of sp³-hybridized carbons (Fsp3) is 0.438. The van der Waals surface area contributed by atoms with Gasteiger partial charge >= 0.3 is 0 Å². The molecule has 3 rings (SSSR count). The lowest BCUT2D eigenvalue weighted by Gasteiger charge is -2.30. The molecule has 1 atom stereocenters. The minimum Gasteiger partial charge on any atom is -0.384 e. The Labute approximate surface area is 114 Å². The van der Waals surface area contributed by atoms with Crippen LogP contribution in [0.15, 0.2) is 36.9 Å². The largest absolute Gasteiger partial charge is 0.384 e. The monoisotopic (exact) mass is 256 g/mol. The summed E-state index contributed by atoms with van der Waals surface area (Å²) >= 11 is 0. The molecular formula is C16H20N2O. The summed E-state index contributed by atoms with van der Waals surface area (Å²) in [6.07, 6.45) is 4.98. The number of hydrogen-bond donors (Lipinski definition) is 1. The molecule has 0 spiro atoms. The summed E-state index contributed by atoms with van der Waals surface area (Å²) in [4.78, 5) is 14.6. The summed E-state index contributed by atoms with van der Waals surface area (Å²) in [5, 5.41) is 3.38. The summed E-state index contributed by atoms with van der Waals surface area (Å²) in [5.74, 6) is 0.347. The molecule has 0 bridgehead atoms. The number of anilines is 1. The number of benzene rings is 1. The quantitative estimate of drug-likeness (QED) is 0.839. The molecule has 2 aliphatic rings. The molecule has 3 nitrogen and oxygen atoms in total. The molecule has 0 aromatic heterocycles. The van der Waals surface area contributed by atoms with Crippen LogP contribution in [0.1, 0.15) is 18.4 Å². The summed E-state index contributed by atoms with van der Waals surface area (Å²) in [6.45, 7) is 5.19. The molecule has 19 heavy (non-hydrogen) atoms. The van der Waals surface area contributed by atoms with E-state index in [0.717, 1.165) is 25.8 Å². The van der Waals surface area contributed by atoms with E-state index in [2.05, 4.69) is 24.0 Å². The van der Waals surface area contributed by atoms with Crippen molar-refractivity contribution >= 4 is 11.6 Å². The average Bonchev–Trinajstić information content (AvgIpc) is 3.28. The van der Waals surface area contributed by atoms with Gasteiger partial charge in [-0.3, -0.25) is 4.79 Å². The lowest BCUT2D eigenvalue weighted by molar-refractivity contribution is -0.135. The summed E-state index contributed by atoms with van der Waals surface area (Å²) < 4.78 is 0. The Hall–Kier alpha value is -1.77. The third kappa shape index (κ3) is 2.50. The van der Waals surface area contributed by atoms with Crippen LogP contribution in [0.3, 0.4) is 0 Å². The van der Waals surface area contributed by atoms with Gasteiger partial charge in [0.05, 0.1) is 5.92 Å². The summed E-state index contributed by atoms with van der Waals surface area (Å²) in [5.41, 5.74) is 2.43. The first-order valence-electron chi connectivity index (χ1n) is 7.02. The lowest BCUT2D eigenvalue weighted by atomic mass is 9.93. The minimum atomic E-state index is 0.0652. The van der Waals surface area contributed by atoms with E-state index in [9.17, 15) is 4.79 Å². The average molecular weight is 256 g/mol. The zero-order chi connectivity index (χ0) is 13.2. The van der Waals surface area contributed by atoms with Crippen molar-refractivity contribution in [3.63, 3.8) is 0 Å². The standard InChI is InChI=1S/C16H20N2O/c1-2-9-18(14-7-8-14)16(19)13-10-12-5-3-4-6-15(12)17-11-13/h2-6,13-14,17H,1,7-11H2. The third-order valence-electron chi connectivity index (χ3n) is 3.97. The van der Waals surface area contributed by atoms with E-state index in [1.54, 1.807) is 0 Å². The Morgan fingerprint density at radius 2 is 2.21 bits per heavy atom. The van der Waals surface area contributed by atoms with Crippen molar-refractivity contribution in [2.45, 2.75) is 25.3 Å². The van der Waals surface area contributed by atoms with E-state index >= 15 is 0 Å². The molecule has 1 aromatic rings. The molecule has 100 valence electrons. The number of amides is 1. The molecule has 3 heteroatoms. The summed E-state index contributed by atoms with van der Waals surface area (Å²) in [7, 11) is 0. The van der Waals surface area contributed by atoms with E-state index in [0.29, 0.717) is 12.6 Å². The Morgan fingerprint density at radius 1 is 1.42 bits per heavy atom. The second-order valence-electron chi connectivity index (χ2n) is 5.45. The molecule has 0 saturated heterocycles. The number of nitrogens with one attached hydrogen (secondary N) is 1. The molecule has 1 N–H and O–H groups in total. The normalized spacial score (nSPS) is 21.2. The van der Waals surface area contributed by atoms with Gasteiger partial charge in [0.1, 0.15) is 0 Å². The van der Waals surface area contributed by atoms with Crippen LogP contribution in [0.2, 0.25) is 0 Å². The first-order chi connectivity index (χ1) is 9.29. The fourth-order valence-corrected chi connectivity index (χ4v) is 2.79. The van der Waals surface area contributed by atoms with Crippen LogP contribution in [-0.4, -0.2) is 29.9 Å². The maximum atomic E-state index is 12.6. The van der Waals surface area contributed by atoms with Crippen LogP contribution < -0.4 is 5.32 Å². The first-order valence-corrected chi connectivity index (χ1v) is 7.02. The maximum Gasteiger partial charge on any atom is 0.228 e. The number of fused-ring (bicyclic) bond motifs is 1. The number of carbonyl (C=O) groups excluding carboxylic acids is 1. The van der Waals surface area contributed by atoms with Gasteiger partial charge in [-0.25, -0.2) is 0 Å². The van der Waals surface area contributed by atoms with Crippen LogP contribution >= 0.6 is 0 Å². The highest BCUT2D eigenvalue weighted by atomic mass is 16.2. The van der Waals surface area contributed by atoms with Crippen LogP contribution in [-0.2, 0) is 11.2 Å². The number of nitrogens with zero attached hydrogens (tertiary/aromatic N) is 1. The van der Waals surface area contributed by atoms with Crippen LogP contribution in [0.5, 0.6) is 0 Å². The SMILES string of the molecule is C=CCN(C(=O)C1CNc2ccccc2C1)C1CC1. The second kappa shape index (κ2) is 5.08. The highest BCUT2D eigenvalue weighted by Crippen LogP contribution is 2.31. The number of carbonyl (C=O) groups is 1. The van der Waals surface area contributed by atoms with Gasteiger partial charge in [-0.05, 0) is 30.9 Å². The Kier molecular flexibility index (Phi) is 3.28. The highest BCUT2D eigenvalue weighted by molar-refractivity contribution is 5.81. The molecule has 1 fully saturated rings. The molecule has 1 amide bonds. The Balaban J connectivity index is 1.73. The van der Waals surface area contributed by atoms with Crippen molar-refractivity contribution in [2.75, 3.05) is 18.4 Å². The molecule has 1 saturated carbocycles. The van der Waals surface area contributed by atoms with Gasteiger partial charge in [0.25, 0.3) is 0 Å². The Morgan fingerprint density at radius 3 is 2.95 bits per heavy atom. The topological polar surface area (TPSA) is 32.3 Å². The predicted molar refractivity (Wildman–Crippen MR) is 77.1 cm³/mol.